The van der Waals surface area contributed by atoms with Crippen LogP contribution < -0.4 is 9.47 Å². The molecule has 0 aromatic heterocycles. The Balaban J connectivity index is 1.33. The summed E-state index contributed by atoms with van der Waals surface area (Å²) in [7, 11) is 3.77. The van der Waals surface area contributed by atoms with Crippen LogP contribution in [-0.4, -0.2) is 55.1 Å². The van der Waals surface area contributed by atoms with Gasteiger partial charge in [-0.1, -0.05) is 64.4 Å². The van der Waals surface area contributed by atoms with Crippen molar-refractivity contribution < 1.29 is 23.8 Å². The van der Waals surface area contributed by atoms with E-state index in [2.05, 4.69) is 24.9 Å². The third-order valence-electron chi connectivity index (χ3n) is 9.47. The fourth-order valence-electron chi connectivity index (χ4n) is 7.70. The van der Waals surface area contributed by atoms with Gasteiger partial charge in [0.1, 0.15) is 5.60 Å². The van der Waals surface area contributed by atoms with Crippen LogP contribution in [0, 0.1) is 0 Å². The summed E-state index contributed by atoms with van der Waals surface area (Å²) in [6.07, 6.45) is 13.3. The van der Waals surface area contributed by atoms with Crippen LogP contribution in [0.5, 0.6) is 11.5 Å². The second-order valence-corrected chi connectivity index (χ2v) is 11.5. The van der Waals surface area contributed by atoms with Crippen LogP contribution in [0.3, 0.4) is 0 Å². The van der Waals surface area contributed by atoms with E-state index in [4.69, 9.17) is 14.2 Å². The number of carbonyl (C=O) groups excluding carboxylic acids is 2. The molecule has 2 aliphatic heterocycles. The van der Waals surface area contributed by atoms with Gasteiger partial charge in [-0.05, 0) is 50.9 Å². The predicted molar refractivity (Wildman–Crippen MR) is 139 cm³/mol. The van der Waals surface area contributed by atoms with Gasteiger partial charge in [-0.2, -0.15) is 0 Å². The fraction of sp³-hybridized carbons (Fsp3) is 0.733. The third kappa shape index (κ3) is 3.95. The molecule has 1 saturated carbocycles. The molecule has 4 unspecified atom stereocenters. The molecule has 1 aromatic carbocycles. The number of hydrogen-bond acceptors (Lipinski definition) is 6. The second-order valence-electron chi connectivity index (χ2n) is 11.5. The Kier molecular flexibility index (Phi) is 7.35. The number of likely N-dealkylation sites (N-methyl/N-ethyl adjacent to an activating group) is 1. The highest BCUT2D eigenvalue weighted by Gasteiger charge is 2.75. The van der Waals surface area contributed by atoms with Crippen molar-refractivity contribution in [1.29, 1.82) is 0 Å². The normalized spacial score (nSPS) is 30.0. The van der Waals surface area contributed by atoms with Gasteiger partial charge in [0.15, 0.2) is 23.4 Å². The fourth-order valence-corrected chi connectivity index (χ4v) is 7.70. The lowest BCUT2D eigenvalue weighted by Gasteiger charge is -2.63. The van der Waals surface area contributed by atoms with Gasteiger partial charge in [-0.3, -0.25) is 14.5 Å². The lowest BCUT2D eigenvalue weighted by atomic mass is 9.49. The number of rotatable bonds is 12. The Morgan fingerprint density at radius 3 is 2.53 bits per heavy atom. The monoisotopic (exact) mass is 497 g/mol. The number of ether oxygens (including phenoxy) is 3. The quantitative estimate of drug-likeness (QED) is 0.280. The molecule has 1 spiro atoms. The average Bonchev–Trinajstić information content (AvgIpc) is 3.23. The van der Waals surface area contributed by atoms with E-state index in [-0.39, 0.29) is 17.8 Å². The summed E-state index contributed by atoms with van der Waals surface area (Å²) in [6.45, 7) is 3.10. The maximum Gasteiger partial charge on any atom is 0.306 e. The number of esters is 1. The number of nitrogens with zero attached hydrogens (tertiary/aromatic N) is 1. The third-order valence-corrected chi connectivity index (χ3v) is 9.47. The van der Waals surface area contributed by atoms with Crippen LogP contribution in [-0.2, 0) is 26.2 Å². The smallest absolute Gasteiger partial charge is 0.306 e. The van der Waals surface area contributed by atoms with Crippen molar-refractivity contribution in [2.24, 2.45) is 0 Å². The molecule has 198 valence electrons. The first-order valence-corrected chi connectivity index (χ1v) is 14.3. The number of carbonyl (C=O) groups is 2. The van der Waals surface area contributed by atoms with Gasteiger partial charge in [-0.15, -0.1) is 0 Å². The first-order chi connectivity index (χ1) is 17.5. The number of unbranched alkanes of at least 4 members (excludes halogenated alkanes) is 8. The van der Waals surface area contributed by atoms with Crippen LogP contribution in [0.25, 0.3) is 0 Å². The highest BCUT2D eigenvalue weighted by molar-refractivity contribution is 5.90. The molecule has 2 bridgehead atoms. The summed E-state index contributed by atoms with van der Waals surface area (Å²) in [4.78, 5) is 29.0. The van der Waals surface area contributed by atoms with Gasteiger partial charge >= 0.3 is 5.97 Å². The van der Waals surface area contributed by atoms with E-state index in [1.54, 1.807) is 7.11 Å². The van der Waals surface area contributed by atoms with E-state index < -0.39 is 17.1 Å². The topological polar surface area (TPSA) is 65.1 Å². The van der Waals surface area contributed by atoms with Crippen LogP contribution >= 0.6 is 0 Å². The number of Topliss-reactive ketones (excluding diaryl/α,β-unsaturated/α-hetero) is 1. The van der Waals surface area contributed by atoms with E-state index in [1.165, 1.54) is 50.5 Å². The van der Waals surface area contributed by atoms with Crippen molar-refractivity contribution in [1.82, 2.24) is 4.90 Å². The molecule has 2 fully saturated rings. The molecule has 2 heterocycles. The Labute approximate surface area is 216 Å². The van der Waals surface area contributed by atoms with Gasteiger partial charge in [0, 0.05) is 18.4 Å². The molecule has 4 atom stereocenters. The predicted octanol–water partition coefficient (Wildman–Crippen LogP) is 5.52. The highest BCUT2D eigenvalue weighted by atomic mass is 16.6. The maximum absolute atomic E-state index is 13.4. The van der Waals surface area contributed by atoms with Gasteiger partial charge in [0.25, 0.3) is 0 Å². The standard InChI is InChI=1S/C30H43NO5/c1-4-5-6-7-8-9-10-11-12-13-25(33)36-30-17-16-22(32)28-29(30)18-19-31(2)24(30)20-21-14-15-23(34-3)27(35-28)26(21)29/h14-15,24,28H,4-13,16-20H2,1-3H3. The van der Waals surface area contributed by atoms with Gasteiger partial charge in [0.2, 0.25) is 0 Å². The van der Waals surface area contributed by atoms with E-state index in [1.807, 2.05) is 6.07 Å². The van der Waals surface area contributed by atoms with E-state index >= 15 is 0 Å². The summed E-state index contributed by atoms with van der Waals surface area (Å²) in [5, 5.41) is 0. The summed E-state index contributed by atoms with van der Waals surface area (Å²) in [6, 6.07) is 4.11. The Morgan fingerprint density at radius 1 is 1.08 bits per heavy atom. The SMILES string of the molecule is CCCCCCCCCCCC(=O)OC12CCC(=O)C3Oc4c(OC)ccc5c4C31CCN(C)C2C5. The van der Waals surface area contributed by atoms with Crippen molar-refractivity contribution >= 4 is 11.8 Å². The van der Waals surface area contributed by atoms with Crippen molar-refractivity contribution in [3.05, 3.63) is 23.3 Å². The summed E-state index contributed by atoms with van der Waals surface area (Å²) in [5.41, 5.74) is 0.912. The summed E-state index contributed by atoms with van der Waals surface area (Å²) in [5.74, 6) is 1.36. The van der Waals surface area contributed by atoms with E-state index in [0.29, 0.717) is 30.8 Å². The van der Waals surface area contributed by atoms with Crippen LogP contribution in [0.2, 0.25) is 0 Å². The van der Waals surface area contributed by atoms with Crippen molar-refractivity contribution in [3.63, 3.8) is 0 Å². The number of ketones is 1. The Morgan fingerprint density at radius 2 is 1.81 bits per heavy atom. The van der Waals surface area contributed by atoms with Gasteiger partial charge in [-0.25, -0.2) is 0 Å². The molecular weight excluding hydrogens is 454 g/mol. The number of likely N-dealkylation sites (tertiary alicyclic amines) is 1. The first kappa shape index (κ1) is 25.6. The largest absolute Gasteiger partial charge is 0.493 e. The minimum absolute atomic E-state index is 0.0457. The van der Waals surface area contributed by atoms with E-state index in [0.717, 1.165) is 37.8 Å². The molecule has 36 heavy (non-hydrogen) atoms. The van der Waals surface area contributed by atoms with Crippen LogP contribution in [0.15, 0.2) is 12.1 Å². The zero-order valence-electron chi connectivity index (χ0n) is 22.4. The molecule has 0 N–H and O–H groups in total. The van der Waals surface area contributed by atoms with Crippen molar-refractivity contribution in [3.8, 4) is 11.5 Å². The van der Waals surface area contributed by atoms with Crippen LogP contribution in [0.4, 0.5) is 0 Å². The number of benzene rings is 1. The molecule has 2 aliphatic carbocycles. The minimum atomic E-state index is -0.737. The molecule has 1 saturated heterocycles. The lowest BCUT2D eigenvalue weighted by Crippen LogP contribution is -2.77. The number of hydrogen-bond donors (Lipinski definition) is 0. The van der Waals surface area contributed by atoms with Gasteiger partial charge in [0.05, 0.1) is 18.6 Å². The number of methoxy groups -OCH3 is 1. The second kappa shape index (κ2) is 10.4. The lowest BCUT2D eigenvalue weighted by molar-refractivity contribution is -0.213. The Hall–Kier alpha value is -2.08. The average molecular weight is 498 g/mol. The molecule has 0 radical (unpaired) electrons. The highest BCUT2D eigenvalue weighted by Crippen LogP contribution is 2.66. The zero-order valence-corrected chi connectivity index (χ0v) is 22.4. The Bertz CT molecular complexity index is 992. The van der Waals surface area contributed by atoms with Crippen LogP contribution in [0.1, 0.15) is 102 Å². The molecule has 5 rings (SSSR count). The summed E-state index contributed by atoms with van der Waals surface area (Å²) >= 11 is 0. The van der Waals surface area contributed by atoms with Crippen molar-refractivity contribution in [2.45, 2.75) is 120 Å². The zero-order chi connectivity index (χ0) is 25.3. The molecule has 4 aliphatic rings. The molecule has 6 nitrogen and oxygen atoms in total. The molecule has 0 amide bonds. The maximum atomic E-state index is 13.4. The van der Waals surface area contributed by atoms with E-state index in [9.17, 15) is 9.59 Å². The first-order valence-electron chi connectivity index (χ1n) is 14.3. The summed E-state index contributed by atoms with van der Waals surface area (Å²) < 4.78 is 18.7. The molecule has 1 aromatic rings. The number of piperidine rings is 1. The minimum Gasteiger partial charge on any atom is -0.493 e. The molecule has 6 heteroatoms. The molecular formula is C30H43NO5. The van der Waals surface area contributed by atoms with Crippen molar-refractivity contribution in [2.75, 3.05) is 20.7 Å². The van der Waals surface area contributed by atoms with Gasteiger partial charge < -0.3 is 14.2 Å².